The molecule has 0 radical (unpaired) electrons. The number of hydrogen-bond acceptors (Lipinski definition) is 2. The predicted octanol–water partition coefficient (Wildman–Crippen LogP) is 4.77. The Morgan fingerprint density at radius 3 is 2.86 bits per heavy atom. The van der Waals surface area contributed by atoms with Crippen LogP contribution in [0.25, 0.3) is 10.2 Å². The summed E-state index contributed by atoms with van der Waals surface area (Å²) in [5.41, 5.74) is 1.01. The van der Waals surface area contributed by atoms with Gasteiger partial charge in [-0.15, -0.1) is 0 Å². The molecule has 0 spiro atoms. The van der Waals surface area contributed by atoms with Crippen LogP contribution in [0.2, 0.25) is 5.02 Å². The fourth-order valence-corrected chi connectivity index (χ4v) is 4.56. The molecule has 22 heavy (non-hydrogen) atoms. The molecule has 0 saturated heterocycles. The van der Waals surface area contributed by atoms with Crippen molar-refractivity contribution in [1.29, 1.82) is 0 Å². The van der Waals surface area contributed by atoms with Crippen molar-refractivity contribution in [3.8, 4) is 0 Å². The van der Waals surface area contributed by atoms with Crippen molar-refractivity contribution < 1.29 is 4.79 Å². The molecule has 1 saturated carbocycles. The molecule has 0 bridgehead atoms. The van der Waals surface area contributed by atoms with E-state index < -0.39 is 0 Å². The second kappa shape index (κ2) is 6.97. The highest BCUT2D eigenvalue weighted by molar-refractivity contribution is 7.16. The van der Waals surface area contributed by atoms with E-state index in [0.717, 1.165) is 58.7 Å². The highest BCUT2D eigenvalue weighted by Gasteiger charge is 2.21. The summed E-state index contributed by atoms with van der Waals surface area (Å²) in [4.78, 5) is 17.7. The molecule has 1 amide bonds. The lowest BCUT2D eigenvalue weighted by Gasteiger charge is -2.17. The second-order valence-corrected chi connectivity index (χ2v) is 7.32. The Morgan fingerprint density at radius 1 is 1.36 bits per heavy atom. The van der Waals surface area contributed by atoms with Crippen molar-refractivity contribution in [1.82, 2.24) is 4.57 Å². The number of para-hydroxylation sites is 1. The average Bonchev–Trinajstić information content (AvgIpc) is 2.87. The molecule has 5 heteroatoms. The third-order valence-corrected chi connectivity index (χ3v) is 5.61. The molecule has 0 unspecified atom stereocenters. The number of amides is 1. The number of rotatable bonds is 3. The van der Waals surface area contributed by atoms with Crippen molar-refractivity contribution >= 4 is 39.1 Å². The molecule has 1 aliphatic rings. The summed E-state index contributed by atoms with van der Waals surface area (Å²) in [5.74, 6) is 0.164. The van der Waals surface area contributed by atoms with Crippen molar-refractivity contribution in [2.45, 2.75) is 52.0 Å². The van der Waals surface area contributed by atoms with Crippen LogP contribution in [0.3, 0.4) is 0 Å². The zero-order chi connectivity index (χ0) is 15.5. The van der Waals surface area contributed by atoms with Crippen molar-refractivity contribution in [3.05, 3.63) is 28.0 Å². The Morgan fingerprint density at radius 2 is 2.14 bits per heavy atom. The molecule has 0 atom stereocenters. The molecule has 1 fully saturated rings. The molecule has 1 aromatic heterocycles. The Hall–Kier alpha value is -1.13. The first kappa shape index (κ1) is 15.8. The number of benzene rings is 1. The first-order valence-corrected chi connectivity index (χ1v) is 9.26. The quantitative estimate of drug-likeness (QED) is 0.794. The largest absolute Gasteiger partial charge is 0.315 e. The minimum atomic E-state index is 0.0484. The smallest absolute Gasteiger partial charge is 0.251 e. The van der Waals surface area contributed by atoms with E-state index >= 15 is 0 Å². The maximum Gasteiger partial charge on any atom is 0.251 e. The first-order valence-electron chi connectivity index (χ1n) is 8.07. The maximum atomic E-state index is 12.5. The van der Waals surface area contributed by atoms with Gasteiger partial charge in [-0.05, 0) is 31.4 Å². The number of aromatic nitrogens is 1. The fraction of sp³-hybridized carbons (Fsp3) is 0.529. The standard InChI is InChI=1S/C17H21ClN2OS/c1-2-11-20-15-13(18)9-6-10-14(15)22-17(20)19-16(21)12-7-4-3-5-8-12/h6,9-10,12H,2-5,7-8,11H2,1H3. The molecular formula is C17H21ClN2OS. The molecule has 118 valence electrons. The summed E-state index contributed by atoms with van der Waals surface area (Å²) in [6.07, 6.45) is 6.52. The van der Waals surface area contributed by atoms with Crippen molar-refractivity contribution in [3.63, 3.8) is 0 Å². The fourth-order valence-electron chi connectivity index (χ4n) is 3.14. The van der Waals surface area contributed by atoms with Crippen LogP contribution in [0.1, 0.15) is 45.4 Å². The van der Waals surface area contributed by atoms with Gasteiger partial charge in [-0.1, -0.05) is 55.2 Å². The van der Waals surface area contributed by atoms with Gasteiger partial charge >= 0.3 is 0 Å². The van der Waals surface area contributed by atoms with E-state index in [1.165, 1.54) is 6.42 Å². The Labute approximate surface area is 139 Å². The summed E-state index contributed by atoms with van der Waals surface area (Å²) in [7, 11) is 0. The van der Waals surface area contributed by atoms with Gasteiger partial charge in [0.05, 0.1) is 15.2 Å². The molecule has 1 aromatic carbocycles. The zero-order valence-corrected chi connectivity index (χ0v) is 14.4. The van der Waals surface area contributed by atoms with Gasteiger partial charge in [0.25, 0.3) is 5.91 Å². The maximum absolute atomic E-state index is 12.5. The lowest BCUT2D eigenvalue weighted by Crippen LogP contribution is -2.22. The summed E-state index contributed by atoms with van der Waals surface area (Å²) in [6.45, 7) is 2.96. The first-order chi connectivity index (χ1) is 10.7. The summed E-state index contributed by atoms with van der Waals surface area (Å²) in [5, 5.41) is 0.730. The van der Waals surface area contributed by atoms with Crippen LogP contribution in [-0.4, -0.2) is 10.5 Å². The highest BCUT2D eigenvalue weighted by Crippen LogP contribution is 2.27. The number of aryl methyl sites for hydroxylation is 1. The number of thiazole rings is 1. The molecule has 1 heterocycles. The van der Waals surface area contributed by atoms with Crippen molar-refractivity contribution in [2.75, 3.05) is 0 Å². The number of hydrogen-bond donors (Lipinski definition) is 0. The lowest BCUT2D eigenvalue weighted by atomic mass is 9.89. The molecule has 2 aromatic rings. The number of fused-ring (bicyclic) bond motifs is 1. The normalized spacial score (nSPS) is 17.3. The third kappa shape index (κ3) is 3.13. The minimum Gasteiger partial charge on any atom is -0.315 e. The number of carbonyl (C=O) groups excluding carboxylic acids is 1. The van der Waals surface area contributed by atoms with Crippen LogP contribution < -0.4 is 4.80 Å². The topological polar surface area (TPSA) is 34.4 Å². The van der Waals surface area contributed by atoms with Crippen LogP contribution in [0.4, 0.5) is 0 Å². The van der Waals surface area contributed by atoms with E-state index in [1.807, 2.05) is 18.2 Å². The average molecular weight is 337 g/mol. The Kier molecular flexibility index (Phi) is 4.99. The summed E-state index contributed by atoms with van der Waals surface area (Å²) < 4.78 is 3.19. The number of nitrogens with zero attached hydrogens (tertiary/aromatic N) is 2. The van der Waals surface area contributed by atoms with E-state index in [4.69, 9.17) is 11.6 Å². The molecule has 1 aliphatic carbocycles. The van der Waals surface area contributed by atoms with E-state index in [2.05, 4.69) is 16.5 Å². The lowest BCUT2D eigenvalue weighted by molar-refractivity contribution is -0.122. The van der Waals surface area contributed by atoms with Gasteiger partial charge in [0.1, 0.15) is 0 Å². The monoisotopic (exact) mass is 336 g/mol. The second-order valence-electron chi connectivity index (χ2n) is 5.91. The van der Waals surface area contributed by atoms with Gasteiger partial charge in [-0.25, -0.2) is 0 Å². The molecular weight excluding hydrogens is 316 g/mol. The third-order valence-electron chi connectivity index (χ3n) is 4.26. The van der Waals surface area contributed by atoms with Crippen LogP contribution in [0, 0.1) is 5.92 Å². The SMILES string of the molecule is CCCn1c(=NC(=O)C2CCCCC2)sc2cccc(Cl)c21. The van der Waals surface area contributed by atoms with E-state index in [0.29, 0.717) is 0 Å². The molecule has 3 rings (SSSR count). The van der Waals surface area contributed by atoms with Gasteiger partial charge in [-0.2, -0.15) is 4.99 Å². The van der Waals surface area contributed by atoms with Gasteiger partial charge < -0.3 is 4.57 Å². The van der Waals surface area contributed by atoms with E-state index in [9.17, 15) is 4.79 Å². The van der Waals surface area contributed by atoms with E-state index in [-0.39, 0.29) is 11.8 Å². The van der Waals surface area contributed by atoms with Crippen LogP contribution in [0.5, 0.6) is 0 Å². The Balaban J connectivity index is 2.05. The minimum absolute atomic E-state index is 0.0484. The molecule has 0 N–H and O–H groups in total. The van der Waals surface area contributed by atoms with Gasteiger partial charge in [0.2, 0.25) is 0 Å². The number of carbonyl (C=O) groups is 1. The summed E-state index contributed by atoms with van der Waals surface area (Å²) >= 11 is 7.92. The van der Waals surface area contributed by atoms with Crippen LogP contribution >= 0.6 is 22.9 Å². The summed E-state index contributed by atoms with van der Waals surface area (Å²) in [6, 6.07) is 5.89. The van der Waals surface area contributed by atoms with Crippen LogP contribution in [-0.2, 0) is 11.3 Å². The Bertz CT molecular complexity index is 741. The highest BCUT2D eigenvalue weighted by atomic mass is 35.5. The van der Waals surface area contributed by atoms with E-state index in [1.54, 1.807) is 11.3 Å². The van der Waals surface area contributed by atoms with Gasteiger partial charge in [0, 0.05) is 12.5 Å². The molecule has 0 aliphatic heterocycles. The zero-order valence-electron chi connectivity index (χ0n) is 12.8. The molecule has 3 nitrogen and oxygen atoms in total. The van der Waals surface area contributed by atoms with Gasteiger partial charge in [-0.3, -0.25) is 4.79 Å². The van der Waals surface area contributed by atoms with Crippen LogP contribution in [0.15, 0.2) is 23.2 Å². The predicted molar refractivity (Wildman–Crippen MR) is 92.3 cm³/mol. The van der Waals surface area contributed by atoms with Gasteiger partial charge in [0.15, 0.2) is 4.80 Å². The number of halogens is 1. The van der Waals surface area contributed by atoms with Crippen molar-refractivity contribution in [2.24, 2.45) is 10.9 Å².